The Morgan fingerprint density at radius 2 is 2.28 bits per heavy atom. The number of hydrogen-bond donors (Lipinski definition) is 1. The van der Waals surface area contributed by atoms with Crippen LogP contribution in [0.25, 0.3) is 0 Å². The summed E-state index contributed by atoms with van der Waals surface area (Å²) in [5.74, 6) is 0.0463. The Hall–Kier alpha value is -0.870. The number of hydrogen-bond acceptors (Lipinski definition) is 2. The Morgan fingerprint density at radius 1 is 1.44 bits per heavy atom. The molecule has 1 heterocycles. The van der Waals surface area contributed by atoms with Crippen molar-refractivity contribution in [3.05, 3.63) is 34.3 Å². The van der Waals surface area contributed by atoms with Gasteiger partial charge in [-0.1, -0.05) is 28.1 Å². The van der Waals surface area contributed by atoms with E-state index in [-0.39, 0.29) is 17.6 Å². The topological polar surface area (TPSA) is 38.3 Å². The first kappa shape index (κ1) is 12.2. The molecular weight excluding hydrogens is 294 g/mol. The third-order valence-corrected chi connectivity index (χ3v) is 4.21. The molecule has 1 aliphatic heterocycles. The monoisotopic (exact) mass is 309 g/mol. The smallest absolute Gasteiger partial charge is 0.249 e. The van der Waals surface area contributed by atoms with E-state index < -0.39 is 0 Å². The van der Waals surface area contributed by atoms with Crippen LogP contribution < -0.4 is 5.32 Å². The number of rotatable bonds is 3. The number of carbonyl (C=O) groups is 1. The highest BCUT2D eigenvalue weighted by molar-refractivity contribution is 9.10. The zero-order valence-electron chi connectivity index (χ0n) is 10.1. The minimum absolute atomic E-state index is 0.0463. The Morgan fingerprint density at radius 3 is 2.89 bits per heavy atom. The van der Waals surface area contributed by atoms with Crippen LogP contribution >= 0.6 is 15.9 Å². The molecule has 1 N–H and O–H groups in total. The van der Waals surface area contributed by atoms with Gasteiger partial charge in [-0.2, -0.15) is 0 Å². The molecule has 4 heteroatoms. The third-order valence-electron chi connectivity index (χ3n) is 3.71. The zero-order chi connectivity index (χ0) is 12.6. The number of halogens is 1. The van der Waals surface area contributed by atoms with Crippen LogP contribution in [-0.2, 0) is 15.1 Å². The highest BCUT2D eigenvalue weighted by Crippen LogP contribution is 2.46. The van der Waals surface area contributed by atoms with Crippen LogP contribution in [0.15, 0.2) is 28.7 Å². The molecule has 18 heavy (non-hydrogen) atoms. The molecule has 1 atom stereocenters. The SMILES string of the molecule is O=C(NC1(c2cccc(Br)c2)CC1)[C@@H]1CCCO1. The zero-order valence-corrected chi connectivity index (χ0v) is 11.7. The second-order valence-electron chi connectivity index (χ2n) is 5.08. The molecule has 0 radical (unpaired) electrons. The van der Waals surface area contributed by atoms with Gasteiger partial charge in [-0.25, -0.2) is 0 Å². The van der Waals surface area contributed by atoms with Crippen molar-refractivity contribution in [2.75, 3.05) is 6.61 Å². The fourth-order valence-electron chi connectivity index (χ4n) is 2.50. The quantitative estimate of drug-likeness (QED) is 0.932. The summed E-state index contributed by atoms with van der Waals surface area (Å²) in [5, 5.41) is 3.17. The molecule has 3 nitrogen and oxygen atoms in total. The van der Waals surface area contributed by atoms with Gasteiger partial charge in [0.25, 0.3) is 0 Å². The van der Waals surface area contributed by atoms with Crippen molar-refractivity contribution < 1.29 is 9.53 Å². The molecule has 2 fully saturated rings. The van der Waals surface area contributed by atoms with E-state index in [0.29, 0.717) is 6.61 Å². The summed E-state index contributed by atoms with van der Waals surface area (Å²) in [4.78, 5) is 12.1. The predicted molar refractivity (Wildman–Crippen MR) is 72.2 cm³/mol. The maximum Gasteiger partial charge on any atom is 0.249 e. The standard InChI is InChI=1S/C14H16BrNO2/c15-11-4-1-3-10(9-11)14(6-7-14)16-13(17)12-5-2-8-18-12/h1,3-4,9,12H,2,5-8H2,(H,16,17)/t12-/m0/s1. The van der Waals surface area contributed by atoms with Gasteiger partial charge in [0.15, 0.2) is 0 Å². The lowest BCUT2D eigenvalue weighted by atomic mass is 10.0. The molecule has 1 aromatic carbocycles. The molecule has 0 unspecified atom stereocenters. The van der Waals surface area contributed by atoms with Crippen LogP contribution in [0.1, 0.15) is 31.2 Å². The maximum atomic E-state index is 12.1. The summed E-state index contributed by atoms with van der Waals surface area (Å²) in [6.07, 6.45) is 3.63. The lowest BCUT2D eigenvalue weighted by Gasteiger charge is -2.20. The third kappa shape index (κ3) is 2.31. The molecule has 1 aliphatic carbocycles. The first-order chi connectivity index (χ1) is 8.70. The summed E-state index contributed by atoms with van der Waals surface area (Å²) in [5.41, 5.74) is 1.04. The van der Waals surface area contributed by atoms with E-state index >= 15 is 0 Å². The fraction of sp³-hybridized carbons (Fsp3) is 0.500. The molecule has 3 rings (SSSR count). The molecule has 96 valence electrons. The van der Waals surface area contributed by atoms with E-state index in [1.807, 2.05) is 12.1 Å². The number of nitrogens with one attached hydrogen (secondary N) is 1. The van der Waals surface area contributed by atoms with Crippen LogP contribution in [0.5, 0.6) is 0 Å². The molecule has 1 saturated heterocycles. The van der Waals surface area contributed by atoms with Crippen molar-refractivity contribution in [1.82, 2.24) is 5.32 Å². The number of amides is 1. The van der Waals surface area contributed by atoms with Gasteiger partial charge in [0.1, 0.15) is 6.10 Å². The maximum absolute atomic E-state index is 12.1. The van der Waals surface area contributed by atoms with Gasteiger partial charge in [-0.3, -0.25) is 4.79 Å². The van der Waals surface area contributed by atoms with Gasteiger partial charge >= 0.3 is 0 Å². The van der Waals surface area contributed by atoms with Gasteiger partial charge in [-0.15, -0.1) is 0 Å². The van der Waals surface area contributed by atoms with E-state index in [4.69, 9.17) is 4.74 Å². The lowest BCUT2D eigenvalue weighted by Crippen LogP contribution is -2.41. The average molecular weight is 310 g/mol. The highest BCUT2D eigenvalue weighted by atomic mass is 79.9. The Balaban J connectivity index is 1.73. The van der Waals surface area contributed by atoms with Crippen molar-refractivity contribution in [2.45, 2.75) is 37.3 Å². The van der Waals surface area contributed by atoms with Crippen molar-refractivity contribution in [2.24, 2.45) is 0 Å². The van der Waals surface area contributed by atoms with Gasteiger partial charge < -0.3 is 10.1 Å². The first-order valence-corrected chi connectivity index (χ1v) is 7.19. The van der Waals surface area contributed by atoms with Crippen LogP contribution in [0.4, 0.5) is 0 Å². The molecule has 1 aromatic rings. The predicted octanol–water partition coefficient (Wildman–Crippen LogP) is 2.73. The van der Waals surface area contributed by atoms with Crippen LogP contribution in [0.2, 0.25) is 0 Å². The summed E-state index contributed by atoms with van der Waals surface area (Å²) >= 11 is 3.48. The van der Waals surface area contributed by atoms with E-state index in [1.54, 1.807) is 0 Å². The van der Waals surface area contributed by atoms with Crippen LogP contribution in [-0.4, -0.2) is 18.6 Å². The van der Waals surface area contributed by atoms with Gasteiger partial charge in [-0.05, 0) is 43.4 Å². The summed E-state index contributed by atoms with van der Waals surface area (Å²) < 4.78 is 6.48. The Bertz CT molecular complexity index is 465. The van der Waals surface area contributed by atoms with Gasteiger partial charge in [0.2, 0.25) is 5.91 Å². The minimum Gasteiger partial charge on any atom is -0.368 e. The summed E-state index contributed by atoms with van der Waals surface area (Å²) in [6, 6.07) is 8.18. The first-order valence-electron chi connectivity index (χ1n) is 6.39. The molecule has 0 spiro atoms. The van der Waals surface area contributed by atoms with Gasteiger partial charge in [0, 0.05) is 11.1 Å². The Labute approximate surface area is 115 Å². The highest BCUT2D eigenvalue weighted by Gasteiger charge is 2.46. The van der Waals surface area contributed by atoms with Crippen molar-refractivity contribution >= 4 is 21.8 Å². The molecule has 1 amide bonds. The largest absolute Gasteiger partial charge is 0.368 e. The average Bonchev–Trinajstić information content (AvgIpc) is 2.93. The molecule has 0 bridgehead atoms. The van der Waals surface area contributed by atoms with E-state index in [9.17, 15) is 4.79 Å². The van der Waals surface area contributed by atoms with Crippen molar-refractivity contribution in [1.29, 1.82) is 0 Å². The van der Waals surface area contributed by atoms with E-state index in [1.165, 1.54) is 5.56 Å². The molecule has 0 aromatic heterocycles. The summed E-state index contributed by atoms with van der Waals surface area (Å²) in [6.45, 7) is 0.710. The van der Waals surface area contributed by atoms with Crippen LogP contribution in [0.3, 0.4) is 0 Å². The summed E-state index contributed by atoms with van der Waals surface area (Å²) in [7, 11) is 0. The van der Waals surface area contributed by atoms with E-state index in [2.05, 4.69) is 33.4 Å². The number of benzene rings is 1. The number of ether oxygens (including phenoxy) is 1. The fourth-order valence-corrected chi connectivity index (χ4v) is 2.90. The second-order valence-corrected chi connectivity index (χ2v) is 6.00. The Kier molecular flexibility index (Phi) is 3.16. The van der Waals surface area contributed by atoms with Crippen molar-refractivity contribution in [3.8, 4) is 0 Å². The normalized spacial score (nSPS) is 24.8. The minimum atomic E-state index is -0.241. The lowest BCUT2D eigenvalue weighted by molar-refractivity contribution is -0.131. The van der Waals surface area contributed by atoms with Crippen molar-refractivity contribution in [3.63, 3.8) is 0 Å². The molecular formula is C14H16BrNO2. The number of carbonyl (C=O) groups excluding carboxylic acids is 1. The second kappa shape index (κ2) is 4.67. The molecule has 2 aliphatic rings. The van der Waals surface area contributed by atoms with Crippen LogP contribution in [0, 0.1) is 0 Å². The molecule has 1 saturated carbocycles. The van der Waals surface area contributed by atoms with Gasteiger partial charge in [0.05, 0.1) is 5.54 Å². The van der Waals surface area contributed by atoms with E-state index in [0.717, 1.165) is 30.2 Å².